The molecule has 0 fully saturated rings. The van der Waals surface area contributed by atoms with Crippen LogP contribution in [0.3, 0.4) is 0 Å². The Kier molecular flexibility index (Phi) is 5.63. The van der Waals surface area contributed by atoms with Gasteiger partial charge in [0.15, 0.2) is 0 Å². The topological polar surface area (TPSA) is 64.1 Å². The van der Waals surface area contributed by atoms with Crippen LogP contribution in [-0.2, 0) is 11.2 Å². The van der Waals surface area contributed by atoms with Gasteiger partial charge in [-0.1, -0.05) is 6.07 Å². The quantitative estimate of drug-likeness (QED) is 0.697. The van der Waals surface area contributed by atoms with Crippen molar-refractivity contribution >= 4 is 22.9 Å². The molecule has 1 aromatic carbocycles. The van der Waals surface area contributed by atoms with Gasteiger partial charge in [-0.3, -0.25) is 9.78 Å². The summed E-state index contributed by atoms with van der Waals surface area (Å²) in [4.78, 5) is 21.1. The summed E-state index contributed by atoms with van der Waals surface area (Å²) in [7, 11) is 0. The summed E-state index contributed by atoms with van der Waals surface area (Å²) in [6.07, 6.45) is 2.08. The Balaban J connectivity index is 1.63. The molecule has 0 aliphatic rings. The lowest BCUT2D eigenvalue weighted by molar-refractivity contribution is -0.115. The van der Waals surface area contributed by atoms with Gasteiger partial charge < -0.3 is 10.1 Å². The minimum Gasteiger partial charge on any atom is -0.491 e. The van der Waals surface area contributed by atoms with Gasteiger partial charge >= 0.3 is 0 Å². The smallest absolute Gasteiger partial charge is 0.230 e. The van der Waals surface area contributed by atoms with E-state index in [-0.39, 0.29) is 18.4 Å². The van der Waals surface area contributed by atoms with Gasteiger partial charge in [0.25, 0.3) is 0 Å². The van der Waals surface area contributed by atoms with E-state index in [0.29, 0.717) is 0 Å². The minimum absolute atomic E-state index is 0.0940. The molecule has 3 rings (SSSR count). The molecule has 2 heterocycles. The zero-order valence-corrected chi connectivity index (χ0v) is 15.8. The molecule has 134 valence electrons. The molecule has 1 N–H and O–H groups in total. The molecular formula is C20H21N3O2S. The van der Waals surface area contributed by atoms with Crippen molar-refractivity contribution < 1.29 is 9.53 Å². The van der Waals surface area contributed by atoms with Crippen LogP contribution in [0.4, 0.5) is 5.69 Å². The number of hydrogen-bond donors (Lipinski definition) is 1. The minimum atomic E-state index is -0.0940. The summed E-state index contributed by atoms with van der Waals surface area (Å²) >= 11 is 1.49. The Hall–Kier alpha value is -2.73. The van der Waals surface area contributed by atoms with E-state index in [9.17, 15) is 4.79 Å². The van der Waals surface area contributed by atoms with Gasteiger partial charge in [-0.15, -0.1) is 11.3 Å². The predicted molar refractivity (Wildman–Crippen MR) is 105 cm³/mol. The van der Waals surface area contributed by atoms with E-state index in [1.807, 2.05) is 62.5 Å². The Morgan fingerprint density at radius 1 is 1.27 bits per heavy atom. The van der Waals surface area contributed by atoms with Crippen molar-refractivity contribution in [1.29, 1.82) is 0 Å². The Labute approximate surface area is 157 Å². The summed E-state index contributed by atoms with van der Waals surface area (Å²) in [5.41, 5.74) is 3.31. The number of rotatable bonds is 6. The van der Waals surface area contributed by atoms with Crippen molar-refractivity contribution in [2.75, 3.05) is 5.32 Å². The molecule has 6 heteroatoms. The van der Waals surface area contributed by atoms with E-state index < -0.39 is 0 Å². The van der Waals surface area contributed by atoms with Gasteiger partial charge in [0.05, 0.1) is 23.9 Å². The number of thiazole rings is 1. The van der Waals surface area contributed by atoms with Crippen molar-refractivity contribution in [3.63, 3.8) is 0 Å². The summed E-state index contributed by atoms with van der Waals surface area (Å²) in [5.74, 6) is 0.707. The number of pyridine rings is 1. The first kappa shape index (κ1) is 18.1. The van der Waals surface area contributed by atoms with E-state index in [2.05, 4.69) is 15.3 Å². The fraction of sp³-hybridized carbons (Fsp3) is 0.250. The second-order valence-corrected chi connectivity index (χ2v) is 7.09. The molecule has 0 saturated carbocycles. The van der Waals surface area contributed by atoms with Gasteiger partial charge in [0, 0.05) is 17.3 Å². The van der Waals surface area contributed by atoms with Crippen molar-refractivity contribution in [3.05, 3.63) is 59.2 Å². The Morgan fingerprint density at radius 2 is 2.12 bits per heavy atom. The molecule has 0 atom stereocenters. The molecule has 0 saturated heterocycles. The summed E-state index contributed by atoms with van der Waals surface area (Å²) < 4.78 is 5.67. The van der Waals surface area contributed by atoms with Crippen LogP contribution in [-0.4, -0.2) is 22.0 Å². The van der Waals surface area contributed by atoms with Gasteiger partial charge in [-0.05, 0) is 56.7 Å². The molecule has 2 aromatic heterocycles. The molecule has 5 nitrogen and oxygen atoms in total. The number of hydrogen-bond acceptors (Lipinski definition) is 5. The first-order valence-electron chi connectivity index (χ1n) is 8.44. The average molecular weight is 367 g/mol. The highest BCUT2D eigenvalue weighted by Gasteiger charge is 2.11. The fourth-order valence-corrected chi connectivity index (χ4v) is 3.27. The molecule has 1 amide bonds. The standard InChI is InChI=1S/C20H21N3O2S/c1-13(2)25-16-7-8-17(14(3)10-16)23-19(24)11-15-12-26-20(22-15)18-6-4-5-9-21-18/h4-10,12-13H,11H2,1-3H3,(H,23,24). The summed E-state index contributed by atoms with van der Waals surface area (Å²) in [5, 5.41) is 5.66. The lowest BCUT2D eigenvalue weighted by atomic mass is 10.2. The maximum absolute atomic E-state index is 12.3. The average Bonchev–Trinajstić information content (AvgIpc) is 3.06. The molecule has 0 aliphatic carbocycles. The van der Waals surface area contributed by atoms with E-state index >= 15 is 0 Å². The molecular weight excluding hydrogens is 346 g/mol. The number of nitrogens with one attached hydrogen (secondary N) is 1. The highest BCUT2D eigenvalue weighted by Crippen LogP contribution is 2.24. The largest absolute Gasteiger partial charge is 0.491 e. The number of amides is 1. The van der Waals surface area contributed by atoms with Crippen LogP contribution in [0.5, 0.6) is 5.75 Å². The lowest BCUT2D eigenvalue weighted by Gasteiger charge is -2.13. The zero-order valence-electron chi connectivity index (χ0n) is 15.0. The second-order valence-electron chi connectivity index (χ2n) is 6.23. The Bertz CT molecular complexity index is 891. The lowest BCUT2D eigenvalue weighted by Crippen LogP contribution is -2.15. The molecule has 0 spiro atoms. The molecule has 0 unspecified atom stereocenters. The molecule has 26 heavy (non-hydrogen) atoms. The number of aryl methyl sites for hydroxylation is 1. The first-order valence-corrected chi connectivity index (χ1v) is 9.32. The van der Waals surface area contributed by atoms with E-state index in [0.717, 1.165) is 33.4 Å². The van der Waals surface area contributed by atoms with E-state index in [1.165, 1.54) is 11.3 Å². The zero-order chi connectivity index (χ0) is 18.5. The first-order chi connectivity index (χ1) is 12.5. The van der Waals surface area contributed by atoms with E-state index in [1.54, 1.807) is 6.20 Å². The third-order valence-electron chi connectivity index (χ3n) is 3.62. The third kappa shape index (κ3) is 4.67. The van der Waals surface area contributed by atoms with Crippen LogP contribution in [0.25, 0.3) is 10.7 Å². The SMILES string of the molecule is Cc1cc(OC(C)C)ccc1NC(=O)Cc1csc(-c2ccccn2)n1. The van der Waals surface area contributed by atoms with E-state index in [4.69, 9.17) is 4.74 Å². The molecule has 0 radical (unpaired) electrons. The number of benzene rings is 1. The number of nitrogens with zero attached hydrogens (tertiary/aromatic N) is 2. The summed E-state index contributed by atoms with van der Waals surface area (Å²) in [6.45, 7) is 5.92. The highest BCUT2D eigenvalue weighted by molar-refractivity contribution is 7.13. The van der Waals surface area contributed by atoms with Crippen LogP contribution in [0, 0.1) is 6.92 Å². The van der Waals surface area contributed by atoms with Crippen LogP contribution < -0.4 is 10.1 Å². The highest BCUT2D eigenvalue weighted by atomic mass is 32.1. The molecule has 0 bridgehead atoms. The van der Waals surface area contributed by atoms with Crippen LogP contribution in [0.1, 0.15) is 25.1 Å². The van der Waals surface area contributed by atoms with Crippen LogP contribution in [0.2, 0.25) is 0 Å². The predicted octanol–water partition coefficient (Wildman–Crippen LogP) is 4.48. The normalized spacial score (nSPS) is 10.8. The molecule has 3 aromatic rings. The third-order valence-corrected chi connectivity index (χ3v) is 4.53. The van der Waals surface area contributed by atoms with Gasteiger partial charge in [-0.25, -0.2) is 4.98 Å². The number of aromatic nitrogens is 2. The van der Waals surface area contributed by atoms with Gasteiger partial charge in [-0.2, -0.15) is 0 Å². The fourth-order valence-electron chi connectivity index (χ4n) is 2.48. The number of carbonyl (C=O) groups excluding carboxylic acids is 1. The number of carbonyl (C=O) groups is 1. The van der Waals surface area contributed by atoms with Crippen LogP contribution in [0.15, 0.2) is 48.0 Å². The number of anilines is 1. The van der Waals surface area contributed by atoms with Crippen molar-refractivity contribution in [2.45, 2.75) is 33.3 Å². The van der Waals surface area contributed by atoms with Gasteiger partial charge in [0.1, 0.15) is 10.8 Å². The van der Waals surface area contributed by atoms with Gasteiger partial charge in [0.2, 0.25) is 5.91 Å². The summed E-state index contributed by atoms with van der Waals surface area (Å²) in [6, 6.07) is 11.4. The maximum atomic E-state index is 12.3. The Morgan fingerprint density at radius 3 is 2.81 bits per heavy atom. The van der Waals surface area contributed by atoms with Crippen molar-refractivity contribution in [2.24, 2.45) is 0 Å². The maximum Gasteiger partial charge on any atom is 0.230 e. The monoisotopic (exact) mass is 367 g/mol. The van der Waals surface area contributed by atoms with Crippen LogP contribution >= 0.6 is 11.3 Å². The number of ether oxygens (including phenoxy) is 1. The molecule has 0 aliphatic heterocycles. The van der Waals surface area contributed by atoms with Crippen molar-refractivity contribution in [1.82, 2.24) is 9.97 Å². The second kappa shape index (κ2) is 8.10. The van der Waals surface area contributed by atoms with Crippen molar-refractivity contribution in [3.8, 4) is 16.5 Å².